The minimum absolute atomic E-state index is 0.195. The molecule has 0 aliphatic carbocycles. The maximum Gasteiger partial charge on any atom is 0.278 e. The molecule has 0 unspecified atom stereocenters. The second kappa shape index (κ2) is 5.84. The SMILES string of the molecule is O=c1c2cc3c(cc2nnn1Cc1cccc2ccccc12)OCCO3. The van der Waals surface area contributed by atoms with Crippen molar-refractivity contribution in [2.75, 3.05) is 13.2 Å². The van der Waals surface area contributed by atoms with Gasteiger partial charge in [0.1, 0.15) is 18.7 Å². The number of nitrogens with zero attached hydrogens (tertiary/aromatic N) is 3. The first-order valence-electron chi connectivity index (χ1n) is 8.43. The van der Waals surface area contributed by atoms with Crippen molar-refractivity contribution in [1.29, 1.82) is 0 Å². The Labute approximate surface area is 148 Å². The Morgan fingerprint density at radius 1 is 0.923 bits per heavy atom. The molecule has 2 heterocycles. The molecule has 4 aromatic rings. The average molecular weight is 345 g/mol. The summed E-state index contributed by atoms with van der Waals surface area (Å²) in [6.07, 6.45) is 0. The van der Waals surface area contributed by atoms with E-state index in [0.29, 0.717) is 42.2 Å². The number of benzene rings is 3. The predicted octanol–water partition coefficient (Wildman–Crippen LogP) is 2.76. The third-order valence-electron chi connectivity index (χ3n) is 4.59. The normalized spacial score (nSPS) is 13.2. The van der Waals surface area contributed by atoms with Crippen LogP contribution in [0.25, 0.3) is 21.7 Å². The van der Waals surface area contributed by atoms with Crippen LogP contribution in [-0.4, -0.2) is 28.2 Å². The summed E-state index contributed by atoms with van der Waals surface area (Å²) < 4.78 is 12.5. The van der Waals surface area contributed by atoms with Crippen LogP contribution < -0.4 is 15.0 Å². The Hall–Kier alpha value is -3.41. The molecular formula is C20H15N3O3. The van der Waals surface area contributed by atoms with Gasteiger partial charge in [-0.25, -0.2) is 4.68 Å². The van der Waals surface area contributed by atoms with Gasteiger partial charge in [-0.1, -0.05) is 47.7 Å². The van der Waals surface area contributed by atoms with Crippen LogP contribution >= 0.6 is 0 Å². The summed E-state index contributed by atoms with van der Waals surface area (Å²) in [5.74, 6) is 1.18. The van der Waals surface area contributed by atoms with Gasteiger partial charge in [0, 0.05) is 6.07 Å². The molecule has 5 rings (SSSR count). The van der Waals surface area contributed by atoms with E-state index in [4.69, 9.17) is 9.47 Å². The number of hydrogen-bond acceptors (Lipinski definition) is 5. The molecule has 0 bridgehead atoms. The van der Waals surface area contributed by atoms with E-state index in [0.717, 1.165) is 16.3 Å². The molecule has 0 atom stereocenters. The molecule has 128 valence electrons. The number of fused-ring (bicyclic) bond motifs is 3. The fourth-order valence-corrected chi connectivity index (χ4v) is 3.31. The highest BCUT2D eigenvalue weighted by Gasteiger charge is 2.16. The highest BCUT2D eigenvalue weighted by Crippen LogP contribution is 2.32. The van der Waals surface area contributed by atoms with E-state index in [9.17, 15) is 4.79 Å². The summed E-state index contributed by atoms with van der Waals surface area (Å²) in [7, 11) is 0. The third kappa shape index (κ3) is 2.38. The van der Waals surface area contributed by atoms with Crippen LogP contribution in [-0.2, 0) is 6.54 Å². The molecule has 0 N–H and O–H groups in total. The van der Waals surface area contributed by atoms with Crippen molar-refractivity contribution in [3.05, 3.63) is 70.5 Å². The van der Waals surface area contributed by atoms with E-state index in [1.165, 1.54) is 4.68 Å². The predicted molar refractivity (Wildman–Crippen MR) is 97.8 cm³/mol. The molecule has 26 heavy (non-hydrogen) atoms. The highest BCUT2D eigenvalue weighted by atomic mass is 16.6. The Morgan fingerprint density at radius 2 is 1.69 bits per heavy atom. The first kappa shape index (κ1) is 14.9. The molecule has 0 radical (unpaired) electrons. The van der Waals surface area contributed by atoms with E-state index in [1.54, 1.807) is 12.1 Å². The summed E-state index contributed by atoms with van der Waals surface area (Å²) in [5, 5.41) is 11.0. The van der Waals surface area contributed by atoms with E-state index >= 15 is 0 Å². The second-order valence-corrected chi connectivity index (χ2v) is 6.20. The lowest BCUT2D eigenvalue weighted by molar-refractivity contribution is 0.172. The molecule has 0 saturated carbocycles. The van der Waals surface area contributed by atoms with E-state index in [-0.39, 0.29) is 5.56 Å². The molecule has 6 heteroatoms. The minimum atomic E-state index is -0.195. The van der Waals surface area contributed by atoms with Crippen molar-refractivity contribution >= 4 is 21.7 Å². The quantitative estimate of drug-likeness (QED) is 0.559. The number of rotatable bonds is 2. The summed E-state index contributed by atoms with van der Waals surface area (Å²) in [6, 6.07) is 17.5. The summed E-state index contributed by atoms with van der Waals surface area (Å²) in [4.78, 5) is 12.9. The number of ether oxygens (including phenoxy) is 2. The number of hydrogen-bond donors (Lipinski definition) is 0. The molecule has 0 fully saturated rings. The second-order valence-electron chi connectivity index (χ2n) is 6.20. The molecule has 3 aromatic carbocycles. The number of aromatic nitrogens is 3. The van der Waals surface area contributed by atoms with Gasteiger partial charge in [0.2, 0.25) is 0 Å². The van der Waals surface area contributed by atoms with Crippen LogP contribution in [0, 0.1) is 0 Å². The van der Waals surface area contributed by atoms with Gasteiger partial charge in [0.05, 0.1) is 11.9 Å². The van der Waals surface area contributed by atoms with E-state index in [1.807, 2.05) is 30.3 Å². The summed E-state index contributed by atoms with van der Waals surface area (Å²) in [6.45, 7) is 1.32. The van der Waals surface area contributed by atoms with Crippen LogP contribution in [0.3, 0.4) is 0 Å². The van der Waals surface area contributed by atoms with Crippen LogP contribution in [0.1, 0.15) is 5.56 Å². The summed E-state index contributed by atoms with van der Waals surface area (Å²) >= 11 is 0. The zero-order valence-corrected chi connectivity index (χ0v) is 13.9. The molecule has 0 amide bonds. The van der Waals surface area contributed by atoms with Gasteiger partial charge in [0.25, 0.3) is 5.56 Å². The molecule has 1 aliphatic heterocycles. The smallest absolute Gasteiger partial charge is 0.278 e. The van der Waals surface area contributed by atoms with Gasteiger partial charge in [-0.2, -0.15) is 0 Å². The van der Waals surface area contributed by atoms with Crippen molar-refractivity contribution in [1.82, 2.24) is 15.0 Å². The minimum Gasteiger partial charge on any atom is -0.486 e. The Balaban J connectivity index is 1.63. The molecule has 6 nitrogen and oxygen atoms in total. The van der Waals surface area contributed by atoms with Crippen molar-refractivity contribution in [2.45, 2.75) is 6.54 Å². The maximum atomic E-state index is 12.9. The molecule has 0 spiro atoms. The average Bonchev–Trinajstić information content (AvgIpc) is 2.69. The molecular weight excluding hydrogens is 330 g/mol. The van der Waals surface area contributed by atoms with Crippen LogP contribution in [0.4, 0.5) is 0 Å². The lowest BCUT2D eigenvalue weighted by atomic mass is 10.0. The van der Waals surface area contributed by atoms with Gasteiger partial charge in [-0.05, 0) is 22.4 Å². The first-order valence-corrected chi connectivity index (χ1v) is 8.43. The first-order chi connectivity index (χ1) is 12.8. The van der Waals surface area contributed by atoms with Crippen molar-refractivity contribution in [2.24, 2.45) is 0 Å². The lowest BCUT2D eigenvalue weighted by Gasteiger charge is -2.18. The van der Waals surface area contributed by atoms with Crippen LogP contribution in [0.5, 0.6) is 11.5 Å². The zero-order chi connectivity index (χ0) is 17.5. The monoisotopic (exact) mass is 345 g/mol. The van der Waals surface area contributed by atoms with Gasteiger partial charge in [-0.15, -0.1) is 5.10 Å². The fraction of sp³-hybridized carbons (Fsp3) is 0.150. The standard InChI is InChI=1S/C20H15N3O3/c24-20-16-10-18-19(26-9-8-25-18)11-17(16)21-22-23(20)12-14-6-3-5-13-4-1-2-7-15(13)14/h1-7,10-11H,8-9,12H2. The lowest BCUT2D eigenvalue weighted by Crippen LogP contribution is -2.25. The van der Waals surface area contributed by atoms with E-state index < -0.39 is 0 Å². The Kier molecular flexibility index (Phi) is 3.35. The van der Waals surface area contributed by atoms with Gasteiger partial charge >= 0.3 is 0 Å². The van der Waals surface area contributed by atoms with Crippen molar-refractivity contribution in [3.63, 3.8) is 0 Å². The highest BCUT2D eigenvalue weighted by molar-refractivity contribution is 5.85. The van der Waals surface area contributed by atoms with Crippen LogP contribution in [0.2, 0.25) is 0 Å². The van der Waals surface area contributed by atoms with E-state index in [2.05, 4.69) is 22.4 Å². The topological polar surface area (TPSA) is 66.2 Å². The Bertz CT molecular complexity index is 1190. The molecule has 0 saturated heterocycles. The molecule has 1 aromatic heterocycles. The van der Waals surface area contributed by atoms with Gasteiger partial charge in [0.15, 0.2) is 11.5 Å². The Morgan fingerprint density at radius 3 is 2.58 bits per heavy atom. The van der Waals surface area contributed by atoms with Crippen molar-refractivity contribution < 1.29 is 9.47 Å². The van der Waals surface area contributed by atoms with Gasteiger partial charge < -0.3 is 9.47 Å². The zero-order valence-electron chi connectivity index (χ0n) is 13.9. The largest absolute Gasteiger partial charge is 0.486 e. The fourth-order valence-electron chi connectivity index (χ4n) is 3.31. The van der Waals surface area contributed by atoms with Gasteiger partial charge in [-0.3, -0.25) is 4.79 Å². The van der Waals surface area contributed by atoms with Crippen LogP contribution in [0.15, 0.2) is 59.4 Å². The molecule has 1 aliphatic rings. The summed E-state index contributed by atoms with van der Waals surface area (Å²) in [5.41, 5.74) is 1.34. The van der Waals surface area contributed by atoms with Crippen molar-refractivity contribution in [3.8, 4) is 11.5 Å². The third-order valence-corrected chi connectivity index (χ3v) is 4.59. The maximum absolute atomic E-state index is 12.9.